The van der Waals surface area contributed by atoms with Gasteiger partial charge in [-0.2, -0.15) is 11.8 Å². The maximum Gasteiger partial charge on any atom is 0.191 e. The van der Waals surface area contributed by atoms with Crippen LogP contribution in [0, 0.1) is 0 Å². The minimum atomic E-state index is -3.31. The highest BCUT2D eigenvalue weighted by molar-refractivity contribution is 14.0. The van der Waals surface area contributed by atoms with Crippen LogP contribution >= 0.6 is 35.7 Å². The van der Waals surface area contributed by atoms with Crippen LogP contribution in [0.3, 0.4) is 0 Å². The third-order valence-electron chi connectivity index (χ3n) is 4.03. The van der Waals surface area contributed by atoms with Crippen LogP contribution in [-0.4, -0.2) is 52.3 Å². The zero-order valence-electron chi connectivity index (χ0n) is 17.0. The molecular formula is C19H34IN3O2S2. The Kier molecular flexibility index (Phi) is 12.6. The first kappa shape index (κ1) is 26.5. The molecular weight excluding hydrogens is 493 g/mol. The van der Waals surface area contributed by atoms with Crippen molar-refractivity contribution in [2.24, 2.45) is 4.99 Å². The summed E-state index contributed by atoms with van der Waals surface area (Å²) >= 11 is 1.84. The average Bonchev–Trinajstić information content (AvgIpc) is 2.59. The summed E-state index contributed by atoms with van der Waals surface area (Å²) in [6, 6.07) is 7.20. The standard InChI is InChI=1S/C19H33N3O2S2.HI/c1-19(2,3)16-8-10-17(11-9-16)26(23,24)15-13-22-18(20-4)21-12-6-7-14-25-5;/h8-11H,6-7,12-15H2,1-5H3,(H2,20,21,22);1H. The van der Waals surface area contributed by atoms with E-state index in [0.29, 0.717) is 17.4 Å². The van der Waals surface area contributed by atoms with Crippen molar-refractivity contribution in [1.82, 2.24) is 10.6 Å². The van der Waals surface area contributed by atoms with E-state index in [1.165, 1.54) is 0 Å². The normalized spacial score (nSPS) is 12.4. The Labute approximate surface area is 186 Å². The molecule has 1 aromatic carbocycles. The van der Waals surface area contributed by atoms with Crippen molar-refractivity contribution in [3.8, 4) is 0 Å². The molecule has 0 heterocycles. The first-order valence-electron chi connectivity index (χ1n) is 8.97. The predicted octanol–water partition coefficient (Wildman–Crippen LogP) is 3.68. The van der Waals surface area contributed by atoms with E-state index in [1.54, 1.807) is 19.2 Å². The van der Waals surface area contributed by atoms with E-state index >= 15 is 0 Å². The van der Waals surface area contributed by atoms with Crippen LogP contribution in [0.1, 0.15) is 39.2 Å². The molecule has 8 heteroatoms. The molecule has 0 aliphatic carbocycles. The lowest BCUT2D eigenvalue weighted by Gasteiger charge is -2.19. The van der Waals surface area contributed by atoms with Crippen molar-refractivity contribution in [2.45, 2.75) is 43.9 Å². The van der Waals surface area contributed by atoms with E-state index in [4.69, 9.17) is 0 Å². The van der Waals surface area contributed by atoms with Crippen LogP contribution in [-0.2, 0) is 15.3 Å². The summed E-state index contributed by atoms with van der Waals surface area (Å²) in [5.41, 5.74) is 1.14. The van der Waals surface area contributed by atoms with Gasteiger partial charge in [-0.1, -0.05) is 32.9 Å². The molecule has 0 saturated heterocycles. The van der Waals surface area contributed by atoms with Gasteiger partial charge < -0.3 is 10.6 Å². The number of sulfone groups is 1. The second-order valence-corrected chi connectivity index (χ2v) is 10.3. The molecule has 0 bridgehead atoms. The predicted molar refractivity (Wildman–Crippen MR) is 130 cm³/mol. The largest absolute Gasteiger partial charge is 0.356 e. The van der Waals surface area contributed by atoms with Crippen molar-refractivity contribution in [3.63, 3.8) is 0 Å². The fourth-order valence-electron chi connectivity index (χ4n) is 2.38. The van der Waals surface area contributed by atoms with Crippen LogP contribution in [0.15, 0.2) is 34.2 Å². The number of nitrogens with one attached hydrogen (secondary N) is 2. The molecule has 0 radical (unpaired) electrons. The Hall–Kier alpha value is -0.480. The molecule has 5 nitrogen and oxygen atoms in total. The van der Waals surface area contributed by atoms with Gasteiger partial charge in [0.25, 0.3) is 0 Å². The highest BCUT2D eigenvalue weighted by Crippen LogP contribution is 2.23. The fraction of sp³-hybridized carbons (Fsp3) is 0.632. The highest BCUT2D eigenvalue weighted by Gasteiger charge is 2.17. The number of unbranched alkanes of at least 4 members (excludes halogenated alkanes) is 1. The van der Waals surface area contributed by atoms with Gasteiger partial charge in [0.05, 0.1) is 10.6 Å². The van der Waals surface area contributed by atoms with Gasteiger partial charge in [0.1, 0.15) is 0 Å². The maximum atomic E-state index is 12.5. The molecule has 0 saturated carbocycles. The molecule has 0 amide bonds. The van der Waals surface area contributed by atoms with E-state index in [0.717, 1.165) is 30.7 Å². The van der Waals surface area contributed by atoms with Crippen molar-refractivity contribution in [3.05, 3.63) is 29.8 Å². The van der Waals surface area contributed by atoms with Crippen LogP contribution in [0.25, 0.3) is 0 Å². The van der Waals surface area contributed by atoms with Gasteiger partial charge in [0.2, 0.25) is 0 Å². The van der Waals surface area contributed by atoms with Gasteiger partial charge in [-0.25, -0.2) is 8.42 Å². The fourth-order valence-corrected chi connectivity index (χ4v) is 4.03. The number of halogens is 1. The number of thioether (sulfide) groups is 1. The zero-order valence-corrected chi connectivity index (χ0v) is 21.0. The molecule has 0 unspecified atom stereocenters. The number of aliphatic imine (C=N–C) groups is 1. The Morgan fingerprint density at radius 1 is 1.07 bits per heavy atom. The van der Waals surface area contributed by atoms with Gasteiger partial charge >= 0.3 is 0 Å². The average molecular weight is 528 g/mol. The summed E-state index contributed by atoms with van der Waals surface area (Å²) in [6.45, 7) is 7.50. The summed E-state index contributed by atoms with van der Waals surface area (Å²) in [5, 5.41) is 6.29. The van der Waals surface area contributed by atoms with E-state index in [9.17, 15) is 8.42 Å². The second kappa shape index (κ2) is 12.9. The number of guanidine groups is 1. The van der Waals surface area contributed by atoms with Crippen LogP contribution in [0.2, 0.25) is 0 Å². The Morgan fingerprint density at radius 3 is 2.19 bits per heavy atom. The lowest BCUT2D eigenvalue weighted by molar-refractivity contribution is 0.586. The quantitative estimate of drug-likeness (QED) is 0.222. The van der Waals surface area contributed by atoms with Crippen LogP contribution in [0.5, 0.6) is 0 Å². The van der Waals surface area contributed by atoms with Gasteiger partial charge in [0.15, 0.2) is 15.8 Å². The van der Waals surface area contributed by atoms with Crippen molar-refractivity contribution >= 4 is 51.5 Å². The zero-order chi connectivity index (χ0) is 19.6. The van der Waals surface area contributed by atoms with Gasteiger partial charge in [-0.3, -0.25) is 4.99 Å². The van der Waals surface area contributed by atoms with Crippen molar-refractivity contribution < 1.29 is 8.42 Å². The number of hydrogen-bond acceptors (Lipinski definition) is 4. The first-order chi connectivity index (χ1) is 12.2. The monoisotopic (exact) mass is 527 g/mol. The summed E-state index contributed by atoms with van der Waals surface area (Å²) < 4.78 is 25.0. The molecule has 27 heavy (non-hydrogen) atoms. The Bertz CT molecular complexity index is 669. The summed E-state index contributed by atoms with van der Waals surface area (Å²) in [6.07, 6.45) is 4.33. The Morgan fingerprint density at radius 2 is 1.67 bits per heavy atom. The van der Waals surface area contributed by atoms with Crippen molar-refractivity contribution in [2.75, 3.05) is 37.9 Å². The molecule has 0 aromatic heterocycles. The molecule has 0 atom stereocenters. The summed E-state index contributed by atoms with van der Waals surface area (Å²) in [7, 11) is -1.62. The Balaban J connectivity index is 0.00000676. The SMILES string of the molecule is CN=C(NCCCCSC)NCCS(=O)(=O)c1ccc(C(C)(C)C)cc1.I. The molecule has 0 fully saturated rings. The third-order valence-corrected chi connectivity index (χ3v) is 6.46. The van der Waals surface area contributed by atoms with Gasteiger partial charge in [-0.05, 0) is 48.0 Å². The molecule has 0 spiro atoms. The minimum absolute atomic E-state index is 0. The summed E-state index contributed by atoms with van der Waals surface area (Å²) in [4.78, 5) is 4.50. The topological polar surface area (TPSA) is 70.6 Å². The van der Waals surface area contributed by atoms with E-state index in [2.05, 4.69) is 42.7 Å². The number of benzene rings is 1. The van der Waals surface area contributed by atoms with Crippen LogP contribution in [0.4, 0.5) is 0 Å². The van der Waals surface area contributed by atoms with Crippen molar-refractivity contribution in [1.29, 1.82) is 0 Å². The smallest absolute Gasteiger partial charge is 0.191 e. The van der Waals surface area contributed by atoms with E-state index in [1.807, 2.05) is 23.9 Å². The molecule has 0 aliphatic heterocycles. The molecule has 0 aliphatic rings. The van der Waals surface area contributed by atoms with E-state index < -0.39 is 9.84 Å². The molecule has 1 aromatic rings. The number of rotatable bonds is 9. The molecule has 156 valence electrons. The first-order valence-corrected chi connectivity index (χ1v) is 12.0. The lowest BCUT2D eigenvalue weighted by atomic mass is 9.87. The number of hydrogen-bond donors (Lipinski definition) is 2. The minimum Gasteiger partial charge on any atom is -0.356 e. The second-order valence-electron chi connectivity index (χ2n) is 7.22. The van der Waals surface area contributed by atoms with Gasteiger partial charge in [0, 0.05) is 20.1 Å². The lowest BCUT2D eigenvalue weighted by Crippen LogP contribution is -2.40. The maximum absolute atomic E-state index is 12.5. The van der Waals surface area contributed by atoms with Gasteiger partial charge in [-0.15, -0.1) is 24.0 Å². The molecule has 2 N–H and O–H groups in total. The third kappa shape index (κ3) is 10.0. The highest BCUT2D eigenvalue weighted by atomic mass is 127. The number of nitrogens with zero attached hydrogens (tertiary/aromatic N) is 1. The molecule has 1 rings (SSSR count). The van der Waals surface area contributed by atoms with Crippen LogP contribution < -0.4 is 10.6 Å². The van der Waals surface area contributed by atoms with E-state index in [-0.39, 0.29) is 35.1 Å². The summed E-state index contributed by atoms with van der Waals surface area (Å²) in [5.74, 6) is 1.84.